The van der Waals surface area contributed by atoms with E-state index < -0.39 is 11.7 Å². The maximum atomic E-state index is 11.8. The van der Waals surface area contributed by atoms with Gasteiger partial charge in [-0.3, -0.25) is 0 Å². The van der Waals surface area contributed by atoms with Gasteiger partial charge in [-0.25, -0.2) is 4.79 Å². The van der Waals surface area contributed by atoms with E-state index >= 15 is 0 Å². The summed E-state index contributed by atoms with van der Waals surface area (Å²) in [4.78, 5) is 14.5. The standard InChI is InChI=1S/C14H20N4O2/c1-14(2,3)20-13(19)17-12(10-16-18-15)9-11-7-5-4-6-8-11/h4-8,12H,9-10H2,1-3H3,(H,17,19)/t12-/m1/s1. The van der Waals surface area contributed by atoms with Gasteiger partial charge in [0.1, 0.15) is 5.60 Å². The number of benzene rings is 1. The first-order valence-corrected chi connectivity index (χ1v) is 6.45. The molecule has 0 saturated carbocycles. The molecule has 0 aliphatic heterocycles. The van der Waals surface area contributed by atoms with Crippen molar-refractivity contribution < 1.29 is 9.53 Å². The maximum absolute atomic E-state index is 11.8. The largest absolute Gasteiger partial charge is 0.444 e. The van der Waals surface area contributed by atoms with Crippen LogP contribution in [0.5, 0.6) is 0 Å². The number of ether oxygens (including phenoxy) is 1. The summed E-state index contributed by atoms with van der Waals surface area (Å²) in [5.74, 6) is 0. The molecule has 1 N–H and O–H groups in total. The number of azide groups is 1. The van der Waals surface area contributed by atoms with Crippen molar-refractivity contribution in [3.8, 4) is 0 Å². The molecule has 1 rings (SSSR count). The number of nitrogens with one attached hydrogen (secondary N) is 1. The predicted octanol–water partition coefficient (Wildman–Crippen LogP) is 3.43. The van der Waals surface area contributed by atoms with Crippen molar-refractivity contribution >= 4 is 6.09 Å². The highest BCUT2D eigenvalue weighted by molar-refractivity contribution is 5.68. The summed E-state index contributed by atoms with van der Waals surface area (Å²) in [6.07, 6.45) is 0.0746. The normalized spacial score (nSPS) is 12.2. The third-order valence-electron chi connectivity index (χ3n) is 2.41. The zero-order valence-corrected chi connectivity index (χ0v) is 12.0. The Morgan fingerprint density at radius 3 is 2.60 bits per heavy atom. The first-order chi connectivity index (χ1) is 9.40. The van der Waals surface area contributed by atoms with Gasteiger partial charge in [-0.2, -0.15) is 0 Å². The van der Waals surface area contributed by atoms with Crippen LogP contribution in [0.15, 0.2) is 35.4 Å². The maximum Gasteiger partial charge on any atom is 0.407 e. The molecule has 0 radical (unpaired) electrons. The molecule has 0 aromatic heterocycles. The van der Waals surface area contributed by atoms with Crippen LogP contribution < -0.4 is 5.32 Å². The lowest BCUT2D eigenvalue weighted by atomic mass is 10.1. The number of hydrogen-bond acceptors (Lipinski definition) is 3. The van der Waals surface area contributed by atoms with Gasteiger partial charge in [-0.15, -0.1) is 0 Å². The molecule has 6 nitrogen and oxygen atoms in total. The van der Waals surface area contributed by atoms with Crippen molar-refractivity contribution in [1.82, 2.24) is 5.32 Å². The van der Waals surface area contributed by atoms with Crippen molar-refractivity contribution in [3.63, 3.8) is 0 Å². The van der Waals surface area contributed by atoms with E-state index in [2.05, 4.69) is 15.3 Å². The molecule has 0 spiro atoms. The second kappa shape index (κ2) is 7.40. The Balaban J connectivity index is 2.64. The van der Waals surface area contributed by atoms with Crippen LogP contribution in [0.25, 0.3) is 10.4 Å². The number of nitrogens with zero attached hydrogens (tertiary/aromatic N) is 3. The van der Waals surface area contributed by atoms with Crippen LogP contribution in [0.2, 0.25) is 0 Å². The number of alkyl carbamates (subject to hydrolysis) is 1. The Kier molecular flexibility index (Phi) is 5.87. The summed E-state index contributed by atoms with van der Waals surface area (Å²) in [6.45, 7) is 5.58. The molecule has 0 fully saturated rings. The minimum absolute atomic E-state index is 0.185. The quantitative estimate of drug-likeness (QED) is 0.507. The van der Waals surface area contributed by atoms with Gasteiger partial charge in [0.25, 0.3) is 0 Å². The van der Waals surface area contributed by atoms with Crippen molar-refractivity contribution in [1.29, 1.82) is 0 Å². The molecule has 6 heteroatoms. The van der Waals surface area contributed by atoms with Crippen LogP contribution in [-0.4, -0.2) is 24.3 Å². The number of hydrogen-bond donors (Lipinski definition) is 1. The van der Waals surface area contributed by atoms with Crippen molar-refractivity contribution in [2.75, 3.05) is 6.54 Å². The third kappa shape index (κ3) is 6.66. The van der Waals surface area contributed by atoms with Crippen LogP contribution in [0.4, 0.5) is 4.79 Å². The second-order valence-corrected chi connectivity index (χ2v) is 5.45. The van der Waals surface area contributed by atoms with E-state index in [1.807, 2.05) is 30.3 Å². The van der Waals surface area contributed by atoms with Gasteiger partial charge in [0.2, 0.25) is 0 Å². The summed E-state index contributed by atoms with van der Waals surface area (Å²) in [5.41, 5.74) is 8.92. The number of carbonyl (C=O) groups is 1. The van der Waals surface area contributed by atoms with E-state index in [9.17, 15) is 4.79 Å². The molecular formula is C14H20N4O2. The minimum atomic E-state index is -0.556. The van der Waals surface area contributed by atoms with E-state index in [0.29, 0.717) is 6.42 Å². The van der Waals surface area contributed by atoms with E-state index in [1.165, 1.54) is 0 Å². The molecule has 0 heterocycles. The van der Waals surface area contributed by atoms with Crippen LogP contribution in [0, 0.1) is 0 Å². The fourth-order valence-corrected chi connectivity index (χ4v) is 1.67. The summed E-state index contributed by atoms with van der Waals surface area (Å²) in [7, 11) is 0. The minimum Gasteiger partial charge on any atom is -0.444 e. The number of carbonyl (C=O) groups excluding carboxylic acids is 1. The average Bonchev–Trinajstić information content (AvgIpc) is 2.35. The second-order valence-electron chi connectivity index (χ2n) is 5.45. The molecule has 1 atom stereocenters. The lowest BCUT2D eigenvalue weighted by Crippen LogP contribution is -2.41. The van der Waals surface area contributed by atoms with Gasteiger partial charge in [-0.05, 0) is 38.3 Å². The van der Waals surface area contributed by atoms with Gasteiger partial charge in [0.15, 0.2) is 0 Å². The average molecular weight is 276 g/mol. The van der Waals surface area contributed by atoms with Gasteiger partial charge in [0, 0.05) is 17.5 Å². The molecule has 1 amide bonds. The molecule has 0 aliphatic rings. The van der Waals surface area contributed by atoms with Crippen LogP contribution in [0.1, 0.15) is 26.3 Å². The van der Waals surface area contributed by atoms with Gasteiger partial charge < -0.3 is 10.1 Å². The molecule has 20 heavy (non-hydrogen) atoms. The van der Waals surface area contributed by atoms with E-state index in [1.54, 1.807) is 20.8 Å². The molecular weight excluding hydrogens is 256 g/mol. The lowest BCUT2D eigenvalue weighted by Gasteiger charge is -2.23. The smallest absolute Gasteiger partial charge is 0.407 e. The predicted molar refractivity (Wildman–Crippen MR) is 77.3 cm³/mol. The van der Waals surface area contributed by atoms with Crippen LogP contribution in [-0.2, 0) is 11.2 Å². The van der Waals surface area contributed by atoms with Crippen molar-refractivity contribution in [3.05, 3.63) is 46.3 Å². The first-order valence-electron chi connectivity index (χ1n) is 6.45. The monoisotopic (exact) mass is 276 g/mol. The summed E-state index contributed by atoms with van der Waals surface area (Å²) >= 11 is 0. The number of rotatable bonds is 5. The summed E-state index contributed by atoms with van der Waals surface area (Å²) in [6, 6.07) is 9.40. The Labute approximate surface area is 118 Å². The summed E-state index contributed by atoms with van der Waals surface area (Å²) in [5, 5.41) is 6.26. The summed E-state index contributed by atoms with van der Waals surface area (Å²) < 4.78 is 5.20. The van der Waals surface area contributed by atoms with Crippen LogP contribution in [0.3, 0.4) is 0 Å². The zero-order chi connectivity index (χ0) is 15.0. The van der Waals surface area contributed by atoms with E-state index in [4.69, 9.17) is 10.3 Å². The SMILES string of the molecule is CC(C)(C)OC(=O)N[C@@H](CN=[N+]=[N-])Cc1ccccc1. The lowest BCUT2D eigenvalue weighted by molar-refractivity contribution is 0.0506. The molecule has 1 aromatic rings. The van der Waals surface area contributed by atoms with Crippen molar-refractivity contribution in [2.45, 2.75) is 38.8 Å². The molecule has 0 bridgehead atoms. The molecule has 0 aliphatic carbocycles. The third-order valence-corrected chi connectivity index (χ3v) is 2.41. The Hall–Kier alpha value is -2.20. The Morgan fingerprint density at radius 2 is 2.05 bits per heavy atom. The molecule has 0 saturated heterocycles. The Morgan fingerprint density at radius 1 is 1.40 bits per heavy atom. The fourth-order valence-electron chi connectivity index (χ4n) is 1.67. The molecule has 1 aromatic carbocycles. The van der Waals surface area contributed by atoms with E-state index in [-0.39, 0.29) is 12.6 Å². The highest BCUT2D eigenvalue weighted by Gasteiger charge is 2.19. The highest BCUT2D eigenvalue weighted by Crippen LogP contribution is 2.08. The topological polar surface area (TPSA) is 87.1 Å². The number of amides is 1. The molecule has 0 unspecified atom stereocenters. The van der Waals surface area contributed by atoms with Crippen LogP contribution >= 0.6 is 0 Å². The highest BCUT2D eigenvalue weighted by atomic mass is 16.6. The first kappa shape index (κ1) is 15.9. The zero-order valence-electron chi connectivity index (χ0n) is 12.0. The van der Waals surface area contributed by atoms with Gasteiger partial charge in [-0.1, -0.05) is 35.4 Å². The van der Waals surface area contributed by atoms with Gasteiger partial charge in [0.05, 0.1) is 0 Å². The van der Waals surface area contributed by atoms with E-state index in [0.717, 1.165) is 5.56 Å². The molecule has 108 valence electrons. The Bertz CT molecular complexity index is 476. The van der Waals surface area contributed by atoms with Gasteiger partial charge >= 0.3 is 6.09 Å². The van der Waals surface area contributed by atoms with Crippen molar-refractivity contribution in [2.24, 2.45) is 5.11 Å². The fraction of sp³-hybridized carbons (Fsp3) is 0.500.